The van der Waals surface area contributed by atoms with E-state index in [1.54, 1.807) is 20.3 Å². The van der Waals surface area contributed by atoms with Crippen LogP contribution in [0, 0.1) is 18.6 Å². The van der Waals surface area contributed by atoms with Gasteiger partial charge in [0.05, 0.1) is 19.0 Å². The van der Waals surface area contributed by atoms with Crippen LogP contribution in [0.5, 0.6) is 11.5 Å². The van der Waals surface area contributed by atoms with Crippen molar-refractivity contribution in [2.45, 2.75) is 11.8 Å². The average Bonchev–Trinajstić information content (AvgIpc) is 2.45. The lowest BCUT2D eigenvalue weighted by atomic mass is 9.99. The van der Waals surface area contributed by atoms with Crippen LogP contribution in [-0.4, -0.2) is 14.2 Å². The fourth-order valence-corrected chi connectivity index (χ4v) is 2.93. The summed E-state index contributed by atoms with van der Waals surface area (Å²) in [6.45, 7) is 1.90. The molecule has 2 aromatic carbocycles. The van der Waals surface area contributed by atoms with Crippen LogP contribution in [0.2, 0.25) is 0 Å². The van der Waals surface area contributed by atoms with Gasteiger partial charge in [0.25, 0.3) is 0 Å². The summed E-state index contributed by atoms with van der Waals surface area (Å²) in [6.07, 6.45) is 0. The molecule has 0 amide bonds. The molecule has 112 valence electrons. The minimum Gasteiger partial charge on any atom is -0.493 e. The first-order valence-corrected chi connectivity index (χ1v) is 7.20. The summed E-state index contributed by atoms with van der Waals surface area (Å²) in [6, 6.07) is 7.09. The Morgan fingerprint density at radius 1 is 0.905 bits per heavy atom. The van der Waals surface area contributed by atoms with Gasteiger partial charge in [0.2, 0.25) is 0 Å². The van der Waals surface area contributed by atoms with E-state index >= 15 is 0 Å². The second-order valence-electron chi connectivity index (χ2n) is 4.63. The number of alkyl halides is 1. The van der Waals surface area contributed by atoms with Gasteiger partial charge in [-0.1, -0.05) is 15.9 Å². The van der Waals surface area contributed by atoms with Crippen LogP contribution in [0.3, 0.4) is 0 Å². The normalized spacial score (nSPS) is 12.1. The van der Waals surface area contributed by atoms with Crippen LogP contribution in [-0.2, 0) is 0 Å². The lowest BCUT2D eigenvalue weighted by molar-refractivity contribution is 0.354. The van der Waals surface area contributed by atoms with Crippen molar-refractivity contribution in [3.8, 4) is 11.5 Å². The fraction of sp³-hybridized carbons (Fsp3) is 0.250. The summed E-state index contributed by atoms with van der Waals surface area (Å²) in [4.78, 5) is -0.345. The van der Waals surface area contributed by atoms with Gasteiger partial charge in [0.15, 0.2) is 11.5 Å². The van der Waals surface area contributed by atoms with Crippen molar-refractivity contribution in [3.05, 3.63) is 58.7 Å². The van der Waals surface area contributed by atoms with Gasteiger partial charge in [0.1, 0.15) is 11.6 Å². The van der Waals surface area contributed by atoms with Crippen molar-refractivity contribution in [1.82, 2.24) is 0 Å². The zero-order chi connectivity index (χ0) is 15.6. The van der Waals surface area contributed by atoms with E-state index in [2.05, 4.69) is 15.9 Å². The predicted octanol–water partition coefficient (Wildman–Crippen LogP) is 4.77. The van der Waals surface area contributed by atoms with E-state index in [0.29, 0.717) is 17.1 Å². The zero-order valence-electron chi connectivity index (χ0n) is 11.9. The first-order chi connectivity index (χ1) is 9.96. The fourth-order valence-electron chi connectivity index (χ4n) is 2.17. The van der Waals surface area contributed by atoms with E-state index in [9.17, 15) is 8.78 Å². The standard InChI is InChI=1S/C16H15BrF2O2/c1-9-4-14(20-2)15(21-3)8-13(9)16(17)10-5-11(18)7-12(19)6-10/h4-8,16H,1-3H3. The maximum Gasteiger partial charge on any atom is 0.161 e. The predicted molar refractivity (Wildman–Crippen MR) is 81.4 cm³/mol. The van der Waals surface area contributed by atoms with Crippen LogP contribution in [0.1, 0.15) is 21.5 Å². The number of aryl methyl sites for hydroxylation is 1. The molecule has 0 fully saturated rings. The zero-order valence-corrected chi connectivity index (χ0v) is 13.5. The maximum atomic E-state index is 13.4. The maximum absolute atomic E-state index is 13.4. The highest BCUT2D eigenvalue weighted by Crippen LogP contribution is 2.39. The van der Waals surface area contributed by atoms with Crippen molar-refractivity contribution >= 4 is 15.9 Å². The smallest absolute Gasteiger partial charge is 0.161 e. The van der Waals surface area contributed by atoms with E-state index in [4.69, 9.17) is 9.47 Å². The Kier molecular flexibility index (Phi) is 4.83. The molecule has 0 radical (unpaired) electrons. The van der Waals surface area contributed by atoms with Crippen molar-refractivity contribution in [1.29, 1.82) is 0 Å². The molecule has 0 aliphatic carbocycles. The summed E-state index contributed by atoms with van der Waals surface area (Å²) in [5, 5.41) is 0. The first kappa shape index (κ1) is 15.8. The number of benzene rings is 2. The van der Waals surface area contributed by atoms with E-state index < -0.39 is 11.6 Å². The molecule has 1 unspecified atom stereocenters. The number of rotatable bonds is 4. The number of methoxy groups -OCH3 is 2. The van der Waals surface area contributed by atoms with Gasteiger partial charge >= 0.3 is 0 Å². The molecule has 0 aliphatic heterocycles. The molecule has 0 bridgehead atoms. The Balaban J connectivity index is 2.49. The Hall–Kier alpha value is -1.62. The van der Waals surface area contributed by atoms with Gasteiger partial charge in [0, 0.05) is 6.07 Å². The first-order valence-electron chi connectivity index (χ1n) is 6.29. The molecular formula is C16H15BrF2O2. The topological polar surface area (TPSA) is 18.5 Å². The average molecular weight is 357 g/mol. The second-order valence-corrected chi connectivity index (χ2v) is 5.54. The summed E-state index contributed by atoms with van der Waals surface area (Å²) >= 11 is 3.49. The van der Waals surface area contributed by atoms with Crippen molar-refractivity contribution in [3.63, 3.8) is 0 Å². The van der Waals surface area contributed by atoms with Crippen LogP contribution in [0.4, 0.5) is 8.78 Å². The minimum absolute atomic E-state index is 0.345. The van der Waals surface area contributed by atoms with Gasteiger partial charge < -0.3 is 9.47 Å². The molecule has 0 aromatic heterocycles. The van der Waals surface area contributed by atoms with Gasteiger partial charge in [-0.25, -0.2) is 8.78 Å². The van der Waals surface area contributed by atoms with E-state index in [0.717, 1.165) is 17.2 Å². The van der Waals surface area contributed by atoms with Gasteiger partial charge in [-0.3, -0.25) is 0 Å². The lowest BCUT2D eigenvalue weighted by Crippen LogP contribution is -2.00. The highest BCUT2D eigenvalue weighted by molar-refractivity contribution is 9.09. The molecule has 5 heteroatoms. The number of hydrogen-bond donors (Lipinski definition) is 0. The van der Waals surface area contributed by atoms with E-state index in [-0.39, 0.29) is 4.83 Å². The third kappa shape index (κ3) is 3.35. The molecule has 0 spiro atoms. The highest BCUT2D eigenvalue weighted by atomic mass is 79.9. The summed E-state index contributed by atoms with van der Waals surface area (Å²) in [7, 11) is 3.10. The third-order valence-corrected chi connectivity index (χ3v) is 4.24. The van der Waals surface area contributed by atoms with Gasteiger partial charge in [-0.2, -0.15) is 0 Å². The number of ether oxygens (including phenoxy) is 2. The van der Waals surface area contributed by atoms with Crippen molar-refractivity contribution < 1.29 is 18.3 Å². The molecule has 2 aromatic rings. The Labute approximate surface area is 130 Å². The van der Waals surface area contributed by atoms with Crippen LogP contribution in [0.25, 0.3) is 0 Å². The van der Waals surface area contributed by atoms with Crippen LogP contribution in [0.15, 0.2) is 30.3 Å². The molecule has 2 nitrogen and oxygen atoms in total. The molecule has 0 aliphatic rings. The Bertz CT molecular complexity index is 639. The van der Waals surface area contributed by atoms with Crippen molar-refractivity contribution in [2.24, 2.45) is 0 Å². The summed E-state index contributed by atoms with van der Waals surface area (Å²) in [5.74, 6) is -0.0246. The van der Waals surface area contributed by atoms with E-state index in [1.807, 2.05) is 13.0 Å². The van der Waals surface area contributed by atoms with Crippen LogP contribution >= 0.6 is 15.9 Å². The Morgan fingerprint density at radius 3 is 1.95 bits per heavy atom. The molecule has 0 heterocycles. The lowest BCUT2D eigenvalue weighted by Gasteiger charge is -2.17. The number of hydrogen-bond acceptors (Lipinski definition) is 2. The van der Waals surface area contributed by atoms with E-state index in [1.165, 1.54) is 12.1 Å². The van der Waals surface area contributed by atoms with Gasteiger partial charge in [-0.05, 0) is 47.9 Å². The largest absolute Gasteiger partial charge is 0.493 e. The highest BCUT2D eigenvalue weighted by Gasteiger charge is 2.18. The van der Waals surface area contributed by atoms with Gasteiger partial charge in [-0.15, -0.1) is 0 Å². The molecule has 0 saturated heterocycles. The molecule has 2 rings (SSSR count). The summed E-state index contributed by atoms with van der Waals surface area (Å²) < 4.78 is 37.2. The van der Waals surface area contributed by atoms with Crippen molar-refractivity contribution in [2.75, 3.05) is 14.2 Å². The molecular weight excluding hydrogens is 342 g/mol. The summed E-state index contributed by atoms with van der Waals surface area (Å²) in [5.41, 5.74) is 2.29. The molecule has 0 N–H and O–H groups in total. The van der Waals surface area contributed by atoms with Crippen LogP contribution < -0.4 is 9.47 Å². The minimum atomic E-state index is -0.604. The molecule has 21 heavy (non-hydrogen) atoms. The molecule has 0 saturated carbocycles. The second kappa shape index (κ2) is 6.43. The molecule has 1 atom stereocenters. The quantitative estimate of drug-likeness (QED) is 0.734. The monoisotopic (exact) mass is 356 g/mol. The SMILES string of the molecule is COc1cc(C)c(C(Br)c2cc(F)cc(F)c2)cc1OC. The third-order valence-electron chi connectivity index (χ3n) is 3.22. The number of halogens is 3. The Morgan fingerprint density at radius 2 is 1.43 bits per heavy atom.